The number of halogens is 2. The van der Waals surface area contributed by atoms with Crippen LogP contribution in [-0.4, -0.2) is 31.5 Å². The van der Waals surface area contributed by atoms with Gasteiger partial charge in [-0.05, 0) is 37.5 Å². The number of ether oxygens (including phenoxy) is 3. The maximum atomic E-state index is 12.3. The molecular formula is C15H20F2O4. The van der Waals surface area contributed by atoms with Crippen LogP contribution in [0.25, 0.3) is 0 Å². The largest absolute Gasteiger partial charge is 0.490 e. The summed E-state index contributed by atoms with van der Waals surface area (Å²) in [6, 6.07) is 4.54. The maximum absolute atomic E-state index is 12.3. The molecule has 1 fully saturated rings. The Morgan fingerprint density at radius 2 is 2.19 bits per heavy atom. The van der Waals surface area contributed by atoms with E-state index in [-0.39, 0.29) is 17.4 Å². The molecule has 2 unspecified atom stereocenters. The van der Waals surface area contributed by atoms with Crippen molar-refractivity contribution in [3.05, 3.63) is 23.8 Å². The van der Waals surface area contributed by atoms with E-state index in [1.807, 2.05) is 0 Å². The van der Waals surface area contributed by atoms with E-state index < -0.39 is 12.7 Å². The topological polar surface area (TPSA) is 47.9 Å². The van der Waals surface area contributed by atoms with Gasteiger partial charge in [0, 0.05) is 12.5 Å². The van der Waals surface area contributed by atoms with E-state index in [0.717, 1.165) is 12.8 Å². The van der Waals surface area contributed by atoms with Crippen molar-refractivity contribution in [2.75, 3.05) is 19.8 Å². The normalized spacial score (nSPS) is 20.3. The Kier molecular flexibility index (Phi) is 5.76. The second kappa shape index (κ2) is 7.56. The minimum absolute atomic E-state index is 0.00935. The molecule has 1 saturated heterocycles. The zero-order chi connectivity index (χ0) is 15.2. The highest BCUT2D eigenvalue weighted by molar-refractivity contribution is 5.43. The van der Waals surface area contributed by atoms with Crippen molar-refractivity contribution in [3.63, 3.8) is 0 Å². The van der Waals surface area contributed by atoms with Crippen molar-refractivity contribution in [1.82, 2.24) is 0 Å². The molecule has 2 atom stereocenters. The lowest BCUT2D eigenvalue weighted by molar-refractivity contribution is -0.0515. The van der Waals surface area contributed by atoms with Crippen LogP contribution >= 0.6 is 0 Å². The molecule has 0 radical (unpaired) electrons. The second-order valence-corrected chi connectivity index (χ2v) is 4.94. The van der Waals surface area contributed by atoms with Gasteiger partial charge in [-0.1, -0.05) is 6.07 Å². The van der Waals surface area contributed by atoms with Crippen LogP contribution in [0, 0.1) is 5.92 Å². The molecule has 0 aliphatic carbocycles. The Morgan fingerprint density at radius 3 is 2.81 bits per heavy atom. The molecule has 0 amide bonds. The van der Waals surface area contributed by atoms with Gasteiger partial charge in [0.25, 0.3) is 0 Å². The molecule has 1 aliphatic heterocycles. The number of benzene rings is 1. The zero-order valence-corrected chi connectivity index (χ0v) is 11.9. The highest BCUT2D eigenvalue weighted by atomic mass is 19.3. The van der Waals surface area contributed by atoms with E-state index in [0.29, 0.717) is 25.4 Å². The van der Waals surface area contributed by atoms with Crippen LogP contribution in [0.4, 0.5) is 8.78 Å². The highest BCUT2D eigenvalue weighted by Crippen LogP contribution is 2.35. The first kappa shape index (κ1) is 16.0. The van der Waals surface area contributed by atoms with Crippen LogP contribution in [0.5, 0.6) is 11.5 Å². The summed E-state index contributed by atoms with van der Waals surface area (Å²) in [7, 11) is 0. The molecule has 0 spiro atoms. The molecule has 1 N–H and O–H groups in total. The first-order chi connectivity index (χ1) is 10.1. The number of hydrogen-bond donors (Lipinski definition) is 1. The zero-order valence-electron chi connectivity index (χ0n) is 11.9. The molecule has 1 aliphatic rings. The SMILES string of the molecule is CCOc1cc(C(O)C2CCCOC2)ccc1OC(F)F. The molecule has 1 aromatic carbocycles. The van der Waals surface area contributed by atoms with Gasteiger partial charge in [-0.3, -0.25) is 0 Å². The Bertz CT molecular complexity index is 447. The minimum Gasteiger partial charge on any atom is -0.490 e. The lowest BCUT2D eigenvalue weighted by Gasteiger charge is -2.27. The fourth-order valence-electron chi connectivity index (χ4n) is 2.46. The predicted octanol–water partition coefficient (Wildman–Crippen LogP) is 3.15. The molecule has 4 nitrogen and oxygen atoms in total. The molecule has 6 heteroatoms. The van der Waals surface area contributed by atoms with Gasteiger partial charge < -0.3 is 19.3 Å². The Hall–Kier alpha value is -1.40. The van der Waals surface area contributed by atoms with Crippen molar-refractivity contribution in [3.8, 4) is 11.5 Å². The summed E-state index contributed by atoms with van der Waals surface area (Å²) in [4.78, 5) is 0. The quantitative estimate of drug-likeness (QED) is 0.877. The van der Waals surface area contributed by atoms with Crippen LogP contribution in [0.2, 0.25) is 0 Å². The summed E-state index contributed by atoms with van der Waals surface area (Å²) in [6.45, 7) is 0.386. The Morgan fingerprint density at radius 1 is 1.38 bits per heavy atom. The maximum Gasteiger partial charge on any atom is 0.387 e. The van der Waals surface area contributed by atoms with Crippen molar-refractivity contribution in [2.24, 2.45) is 5.92 Å². The van der Waals surface area contributed by atoms with Gasteiger partial charge in [-0.2, -0.15) is 8.78 Å². The molecule has 0 saturated carbocycles. The third-order valence-corrected chi connectivity index (χ3v) is 3.47. The first-order valence-corrected chi connectivity index (χ1v) is 7.09. The molecular weight excluding hydrogens is 282 g/mol. The summed E-state index contributed by atoms with van der Waals surface area (Å²) in [5.74, 6) is 0.198. The van der Waals surface area contributed by atoms with E-state index >= 15 is 0 Å². The van der Waals surface area contributed by atoms with Gasteiger partial charge >= 0.3 is 6.61 Å². The molecule has 0 bridgehead atoms. The summed E-state index contributed by atoms with van der Waals surface area (Å²) >= 11 is 0. The Balaban J connectivity index is 2.17. The lowest BCUT2D eigenvalue weighted by Crippen LogP contribution is -2.23. The summed E-state index contributed by atoms with van der Waals surface area (Å²) in [5.41, 5.74) is 0.621. The van der Waals surface area contributed by atoms with Gasteiger partial charge in [-0.15, -0.1) is 0 Å². The van der Waals surface area contributed by atoms with Gasteiger partial charge in [0.15, 0.2) is 11.5 Å². The molecule has 1 aromatic rings. The highest BCUT2D eigenvalue weighted by Gasteiger charge is 2.25. The van der Waals surface area contributed by atoms with E-state index in [2.05, 4.69) is 4.74 Å². The molecule has 21 heavy (non-hydrogen) atoms. The molecule has 0 aromatic heterocycles. The van der Waals surface area contributed by atoms with Crippen LogP contribution in [0.15, 0.2) is 18.2 Å². The smallest absolute Gasteiger partial charge is 0.387 e. The number of aliphatic hydroxyl groups excluding tert-OH is 1. The molecule has 2 rings (SSSR count). The van der Waals surface area contributed by atoms with E-state index in [9.17, 15) is 13.9 Å². The predicted molar refractivity (Wildman–Crippen MR) is 72.7 cm³/mol. The van der Waals surface area contributed by atoms with Gasteiger partial charge in [-0.25, -0.2) is 0 Å². The third-order valence-electron chi connectivity index (χ3n) is 3.47. The van der Waals surface area contributed by atoms with Crippen LogP contribution in [0.1, 0.15) is 31.4 Å². The van der Waals surface area contributed by atoms with E-state index in [4.69, 9.17) is 9.47 Å². The monoisotopic (exact) mass is 302 g/mol. The van der Waals surface area contributed by atoms with E-state index in [1.54, 1.807) is 19.1 Å². The van der Waals surface area contributed by atoms with Crippen molar-refractivity contribution in [2.45, 2.75) is 32.5 Å². The fourth-order valence-corrected chi connectivity index (χ4v) is 2.46. The summed E-state index contributed by atoms with van der Waals surface area (Å²) in [6.07, 6.45) is 1.08. The standard InChI is InChI=1S/C15H20F2O4/c1-2-20-13-8-10(5-6-12(13)21-15(16)17)14(18)11-4-3-7-19-9-11/h5-6,8,11,14-15,18H,2-4,7,9H2,1H3. The average molecular weight is 302 g/mol. The van der Waals surface area contributed by atoms with Crippen LogP contribution in [0.3, 0.4) is 0 Å². The second-order valence-electron chi connectivity index (χ2n) is 4.94. The molecule has 1 heterocycles. The fraction of sp³-hybridized carbons (Fsp3) is 0.600. The number of alkyl halides is 2. The van der Waals surface area contributed by atoms with Crippen molar-refractivity contribution >= 4 is 0 Å². The van der Waals surface area contributed by atoms with Gasteiger partial charge in [0.2, 0.25) is 0 Å². The third kappa shape index (κ3) is 4.28. The Labute approximate surface area is 122 Å². The van der Waals surface area contributed by atoms with Gasteiger partial charge in [0.1, 0.15) is 0 Å². The van der Waals surface area contributed by atoms with Crippen LogP contribution < -0.4 is 9.47 Å². The first-order valence-electron chi connectivity index (χ1n) is 7.09. The van der Waals surface area contributed by atoms with E-state index in [1.165, 1.54) is 6.07 Å². The number of hydrogen-bond acceptors (Lipinski definition) is 4. The summed E-state index contributed by atoms with van der Waals surface area (Å²) < 4.78 is 39.8. The number of aliphatic hydroxyl groups is 1. The van der Waals surface area contributed by atoms with Gasteiger partial charge in [0.05, 0.1) is 19.3 Å². The van der Waals surface area contributed by atoms with Crippen molar-refractivity contribution in [1.29, 1.82) is 0 Å². The lowest BCUT2D eigenvalue weighted by atomic mass is 9.91. The molecule has 118 valence electrons. The summed E-state index contributed by atoms with van der Waals surface area (Å²) in [5, 5.41) is 10.4. The van der Waals surface area contributed by atoms with Crippen LogP contribution in [-0.2, 0) is 4.74 Å². The average Bonchev–Trinajstić information content (AvgIpc) is 2.49. The number of rotatable bonds is 6. The minimum atomic E-state index is -2.91. The van der Waals surface area contributed by atoms with Crippen molar-refractivity contribution < 1.29 is 28.1 Å².